The van der Waals surface area contributed by atoms with Crippen molar-refractivity contribution in [2.45, 2.75) is 52.5 Å². The van der Waals surface area contributed by atoms with Crippen LogP contribution in [0.4, 0.5) is 5.69 Å². The Morgan fingerprint density at radius 2 is 1.97 bits per heavy atom. The lowest BCUT2D eigenvalue weighted by Gasteiger charge is -2.20. The van der Waals surface area contributed by atoms with E-state index in [2.05, 4.69) is 32.8 Å². The normalized spacial score (nSPS) is 18.8. The Kier molecular flexibility index (Phi) is 11.0. The second-order valence-electron chi connectivity index (χ2n) is 9.64. The molecule has 186 valence electrons. The Balaban J connectivity index is 0.00000385. The summed E-state index contributed by atoms with van der Waals surface area (Å²) in [6.07, 6.45) is 3.22. The average molecular weight is 574 g/mol. The van der Waals surface area contributed by atoms with E-state index in [-0.39, 0.29) is 42.0 Å². The zero-order valence-electron chi connectivity index (χ0n) is 20.4. The number of ether oxygens (including phenoxy) is 2. The lowest BCUT2D eigenvalue weighted by Crippen LogP contribution is -2.42. The van der Waals surface area contributed by atoms with E-state index >= 15 is 0 Å². The molecule has 0 aliphatic carbocycles. The number of anilines is 1. The predicted octanol–water partition coefficient (Wildman–Crippen LogP) is 3.47. The summed E-state index contributed by atoms with van der Waals surface area (Å²) >= 11 is 0. The van der Waals surface area contributed by atoms with Gasteiger partial charge >= 0.3 is 0 Å². The van der Waals surface area contributed by atoms with Crippen LogP contribution in [0.2, 0.25) is 0 Å². The Labute approximate surface area is 215 Å². The quantitative estimate of drug-likeness (QED) is 0.263. The largest absolute Gasteiger partial charge is 0.490 e. The fourth-order valence-electron chi connectivity index (χ4n) is 3.97. The van der Waals surface area contributed by atoms with Gasteiger partial charge in [-0.1, -0.05) is 6.92 Å². The smallest absolute Gasteiger partial charge is 0.242 e. The molecule has 1 aromatic carbocycles. The van der Waals surface area contributed by atoms with Gasteiger partial charge in [0.2, 0.25) is 5.91 Å². The average Bonchev–Trinajstić information content (AvgIpc) is 3.04. The number of benzene rings is 1. The Morgan fingerprint density at radius 3 is 2.70 bits per heavy atom. The summed E-state index contributed by atoms with van der Waals surface area (Å²) in [5, 5.41) is 9.74. The van der Waals surface area contributed by atoms with Crippen LogP contribution in [-0.2, 0) is 4.79 Å². The molecule has 1 aromatic rings. The highest BCUT2D eigenvalue weighted by molar-refractivity contribution is 14.0. The van der Waals surface area contributed by atoms with Crippen LogP contribution >= 0.6 is 24.0 Å². The molecule has 1 amide bonds. The van der Waals surface area contributed by atoms with Crippen molar-refractivity contribution >= 4 is 41.5 Å². The molecule has 1 fully saturated rings. The van der Waals surface area contributed by atoms with Crippen molar-refractivity contribution in [3.05, 3.63) is 18.2 Å². The number of aliphatic imine (C=N–C) groups is 1. The molecule has 3 N–H and O–H groups in total. The molecule has 2 heterocycles. The van der Waals surface area contributed by atoms with E-state index in [1.165, 1.54) is 12.8 Å². The zero-order valence-corrected chi connectivity index (χ0v) is 22.7. The summed E-state index contributed by atoms with van der Waals surface area (Å²) in [5.41, 5.74) is 0.560. The van der Waals surface area contributed by atoms with Gasteiger partial charge in [-0.2, -0.15) is 0 Å². The molecule has 0 saturated carbocycles. The molecule has 0 radical (unpaired) electrons. The molecule has 0 bridgehead atoms. The minimum atomic E-state index is -0.283. The fraction of sp³-hybridized carbons (Fsp3) is 0.667. The standard InChI is InChI=1S/C24H39N5O3.HI/c1-5-10-29-11-9-18(17-29)15-25-23(26-16-22(30)28-24(2,3)4)27-19-7-8-20-21(14-19)32-13-6-12-31-20;/h7-8,14,18H,5-6,9-13,15-17H2,1-4H3,(H,28,30)(H2,25,26,27);1H. The summed E-state index contributed by atoms with van der Waals surface area (Å²) in [6.45, 7) is 13.7. The molecular weight excluding hydrogens is 533 g/mol. The molecule has 1 atom stereocenters. The van der Waals surface area contributed by atoms with Gasteiger partial charge in [0.1, 0.15) is 6.54 Å². The number of nitrogens with one attached hydrogen (secondary N) is 3. The maximum atomic E-state index is 12.3. The second kappa shape index (κ2) is 13.2. The lowest BCUT2D eigenvalue weighted by molar-refractivity contribution is -0.121. The molecule has 33 heavy (non-hydrogen) atoms. The van der Waals surface area contributed by atoms with E-state index in [0.29, 0.717) is 25.1 Å². The highest BCUT2D eigenvalue weighted by atomic mass is 127. The van der Waals surface area contributed by atoms with Crippen LogP contribution in [0, 0.1) is 5.92 Å². The van der Waals surface area contributed by atoms with Crippen molar-refractivity contribution in [2.24, 2.45) is 10.9 Å². The van der Waals surface area contributed by atoms with Crippen LogP contribution in [0.25, 0.3) is 0 Å². The number of hydrogen-bond acceptors (Lipinski definition) is 5. The van der Waals surface area contributed by atoms with Gasteiger partial charge in [0.15, 0.2) is 17.5 Å². The predicted molar refractivity (Wildman–Crippen MR) is 144 cm³/mol. The minimum absolute atomic E-state index is 0. The monoisotopic (exact) mass is 573 g/mol. The van der Waals surface area contributed by atoms with Crippen LogP contribution in [0.3, 0.4) is 0 Å². The van der Waals surface area contributed by atoms with Gasteiger partial charge in [0.05, 0.1) is 13.2 Å². The van der Waals surface area contributed by atoms with Crippen LogP contribution in [-0.4, -0.2) is 68.2 Å². The van der Waals surface area contributed by atoms with Gasteiger partial charge in [-0.15, -0.1) is 24.0 Å². The molecule has 0 aromatic heterocycles. The summed E-state index contributed by atoms with van der Waals surface area (Å²) in [4.78, 5) is 19.4. The number of fused-ring (bicyclic) bond motifs is 1. The number of carbonyl (C=O) groups excluding carboxylic acids is 1. The highest BCUT2D eigenvalue weighted by Crippen LogP contribution is 2.32. The summed E-state index contributed by atoms with van der Waals surface area (Å²) in [7, 11) is 0. The van der Waals surface area contributed by atoms with Crippen LogP contribution < -0.4 is 25.4 Å². The van der Waals surface area contributed by atoms with E-state index in [9.17, 15) is 4.79 Å². The number of amides is 1. The van der Waals surface area contributed by atoms with Gasteiger partial charge in [-0.05, 0) is 64.8 Å². The number of likely N-dealkylation sites (tertiary alicyclic amines) is 1. The van der Waals surface area contributed by atoms with Crippen molar-refractivity contribution in [3.8, 4) is 11.5 Å². The summed E-state index contributed by atoms with van der Waals surface area (Å²) < 4.78 is 11.5. The third kappa shape index (κ3) is 9.56. The van der Waals surface area contributed by atoms with E-state index in [4.69, 9.17) is 9.47 Å². The first kappa shape index (κ1) is 27.5. The third-order valence-electron chi connectivity index (χ3n) is 5.37. The van der Waals surface area contributed by atoms with E-state index < -0.39 is 0 Å². The molecule has 1 saturated heterocycles. The number of guanidine groups is 1. The molecular formula is C24H40IN5O3. The zero-order chi connectivity index (χ0) is 23.0. The van der Waals surface area contributed by atoms with Gasteiger partial charge in [0, 0.05) is 36.8 Å². The first-order chi connectivity index (χ1) is 15.3. The fourth-order valence-corrected chi connectivity index (χ4v) is 3.97. The molecule has 8 nitrogen and oxygen atoms in total. The number of hydrogen-bond donors (Lipinski definition) is 3. The summed E-state index contributed by atoms with van der Waals surface area (Å²) in [5.74, 6) is 2.54. The second-order valence-corrected chi connectivity index (χ2v) is 9.64. The molecule has 0 spiro atoms. The minimum Gasteiger partial charge on any atom is -0.490 e. The Hall–Kier alpha value is -1.75. The van der Waals surface area contributed by atoms with Gasteiger partial charge in [-0.3, -0.25) is 4.79 Å². The first-order valence-corrected chi connectivity index (χ1v) is 11.8. The summed E-state index contributed by atoms with van der Waals surface area (Å²) in [6, 6.07) is 5.77. The molecule has 3 rings (SSSR count). The van der Waals surface area contributed by atoms with Gasteiger partial charge in [-0.25, -0.2) is 4.99 Å². The van der Waals surface area contributed by atoms with Crippen molar-refractivity contribution in [2.75, 3.05) is 51.3 Å². The van der Waals surface area contributed by atoms with Crippen molar-refractivity contribution in [1.29, 1.82) is 0 Å². The lowest BCUT2D eigenvalue weighted by atomic mass is 10.1. The number of nitrogens with zero attached hydrogens (tertiary/aromatic N) is 2. The van der Waals surface area contributed by atoms with Crippen LogP contribution in [0.5, 0.6) is 11.5 Å². The van der Waals surface area contributed by atoms with Gasteiger partial charge in [0.25, 0.3) is 0 Å². The van der Waals surface area contributed by atoms with E-state index in [0.717, 1.165) is 49.8 Å². The van der Waals surface area contributed by atoms with E-state index in [1.807, 2.05) is 39.0 Å². The van der Waals surface area contributed by atoms with Gasteiger partial charge < -0.3 is 30.3 Å². The first-order valence-electron chi connectivity index (χ1n) is 11.8. The third-order valence-corrected chi connectivity index (χ3v) is 5.37. The number of halogens is 1. The topological polar surface area (TPSA) is 87.2 Å². The molecule has 2 aliphatic rings. The van der Waals surface area contributed by atoms with Crippen molar-refractivity contribution < 1.29 is 14.3 Å². The van der Waals surface area contributed by atoms with Crippen LogP contribution in [0.1, 0.15) is 47.0 Å². The molecule has 2 aliphatic heterocycles. The van der Waals surface area contributed by atoms with Crippen molar-refractivity contribution in [3.63, 3.8) is 0 Å². The number of carbonyl (C=O) groups is 1. The molecule has 9 heteroatoms. The Morgan fingerprint density at radius 1 is 1.21 bits per heavy atom. The maximum absolute atomic E-state index is 12.3. The number of rotatable bonds is 7. The Bertz CT molecular complexity index is 797. The van der Waals surface area contributed by atoms with Crippen molar-refractivity contribution in [1.82, 2.24) is 15.5 Å². The highest BCUT2D eigenvalue weighted by Gasteiger charge is 2.22. The van der Waals surface area contributed by atoms with E-state index in [1.54, 1.807) is 0 Å². The molecule has 1 unspecified atom stereocenters. The maximum Gasteiger partial charge on any atom is 0.242 e. The SMILES string of the molecule is CCCN1CCC(CNC(=NCC(=O)NC(C)(C)C)Nc2ccc3c(c2)OCCCO3)C1.I. The van der Waals surface area contributed by atoms with Crippen LogP contribution in [0.15, 0.2) is 23.2 Å².